The summed E-state index contributed by atoms with van der Waals surface area (Å²) >= 11 is 0. The highest BCUT2D eigenvalue weighted by Gasteiger charge is 2.55. The molecular weight excluding hydrogens is 185 g/mol. The molecule has 0 N–H and O–H groups in total. The van der Waals surface area contributed by atoms with Gasteiger partial charge in [0.1, 0.15) is 0 Å². The van der Waals surface area contributed by atoms with E-state index in [1.54, 1.807) is 0 Å². The number of Topliss-reactive ketones (excluding diaryl/α,β-unsaturated/α-hetero) is 1. The normalized spacial score (nSPS) is 12.2. The summed E-state index contributed by atoms with van der Waals surface area (Å²) in [6, 6.07) is 0. The van der Waals surface area contributed by atoms with Crippen molar-refractivity contribution in [2.75, 3.05) is 0 Å². The van der Waals surface area contributed by atoms with Crippen LogP contribution in [0.5, 0.6) is 0 Å². The summed E-state index contributed by atoms with van der Waals surface area (Å²) in [6.07, 6.45) is -11.6. The van der Waals surface area contributed by atoms with Gasteiger partial charge in [0, 0.05) is 0 Å². The van der Waals surface area contributed by atoms with Crippen LogP contribution in [0.3, 0.4) is 0 Å². The summed E-state index contributed by atoms with van der Waals surface area (Å²) in [5.41, 5.74) is 0. The van der Waals surface area contributed by atoms with Gasteiger partial charge < -0.3 is 4.70 Å². The molecule has 8 heteroatoms. The molecule has 68 valence electrons. The maximum atomic E-state index is 10.9. The van der Waals surface area contributed by atoms with E-state index in [0.717, 1.165) is 0 Å². The van der Waals surface area contributed by atoms with Crippen molar-refractivity contribution in [3.05, 3.63) is 0 Å². The molecule has 0 saturated carbocycles. The van der Waals surface area contributed by atoms with E-state index in [9.17, 15) is 31.1 Å². The number of ketones is 1. The molecule has 0 amide bonds. The second-order valence-corrected chi connectivity index (χ2v) is 1.32. The maximum Gasteiger partial charge on any atom is 0.459 e. The van der Waals surface area contributed by atoms with Crippen molar-refractivity contribution in [2.45, 2.75) is 12.4 Å². The standard InChI is InChI=1S/C3F6O.FH/c4-2(5,6)1(10)3(7,8)9;/h;1H/p-1. The minimum Gasteiger partial charge on any atom is -1.00 e. The van der Waals surface area contributed by atoms with E-state index < -0.39 is 18.1 Å². The SMILES string of the molecule is O=C(C(F)(F)F)C(F)(F)F.[F-]. The third kappa shape index (κ3) is 3.79. The molecule has 0 fully saturated rings. The lowest BCUT2D eigenvalue weighted by Crippen LogP contribution is -3.00. The quantitative estimate of drug-likeness (QED) is 0.428. The molecule has 0 aliphatic carbocycles. The maximum absolute atomic E-state index is 10.9. The first kappa shape index (κ1) is 12.8. The van der Waals surface area contributed by atoms with E-state index in [4.69, 9.17) is 0 Å². The number of carbonyl (C=O) groups excluding carboxylic acids is 1. The van der Waals surface area contributed by atoms with Gasteiger partial charge in [0.15, 0.2) is 0 Å². The van der Waals surface area contributed by atoms with Crippen LogP contribution >= 0.6 is 0 Å². The third-order valence-corrected chi connectivity index (χ3v) is 0.515. The summed E-state index contributed by atoms with van der Waals surface area (Å²) in [5.74, 6) is -3.68. The summed E-state index contributed by atoms with van der Waals surface area (Å²) in [7, 11) is 0. The third-order valence-electron chi connectivity index (χ3n) is 0.515. The molecule has 0 aromatic heterocycles. The molecule has 0 atom stereocenters. The molecule has 0 bridgehead atoms. The van der Waals surface area contributed by atoms with Crippen molar-refractivity contribution >= 4 is 5.78 Å². The van der Waals surface area contributed by atoms with E-state index in [-0.39, 0.29) is 4.70 Å². The van der Waals surface area contributed by atoms with E-state index in [1.807, 2.05) is 0 Å². The van der Waals surface area contributed by atoms with E-state index in [0.29, 0.717) is 0 Å². The first-order chi connectivity index (χ1) is 4.15. The van der Waals surface area contributed by atoms with Crippen LogP contribution in [0.25, 0.3) is 0 Å². The Bertz CT molecular complexity index is 125. The minimum absolute atomic E-state index is 0. The van der Waals surface area contributed by atoms with Crippen LogP contribution < -0.4 is 4.70 Å². The van der Waals surface area contributed by atoms with E-state index in [2.05, 4.69) is 0 Å². The fourth-order valence-corrected chi connectivity index (χ4v) is 0.161. The summed E-state index contributed by atoms with van der Waals surface area (Å²) in [5, 5.41) is 0. The van der Waals surface area contributed by atoms with Gasteiger partial charge in [-0.05, 0) is 0 Å². The Labute approximate surface area is 55.4 Å². The number of rotatable bonds is 0. The van der Waals surface area contributed by atoms with Crippen molar-refractivity contribution < 1.29 is 35.8 Å². The Kier molecular flexibility index (Phi) is 3.56. The van der Waals surface area contributed by atoms with Crippen LogP contribution in [0.2, 0.25) is 0 Å². The summed E-state index contributed by atoms with van der Waals surface area (Å²) in [6.45, 7) is 0. The van der Waals surface area contributed by atoms with Crippen LogP contribution in [0.1, 0.15) is 0 Å². The Balaban J connectivity index is 0. The molecule has 0 spiro atoms. The van der Waals surface area contributed by atoms with Gasteiger partial charge in [-0.3, -0.25) is 4.79 Å². The van der Waals surface area contributed by atoms with Crippen LogP contribution in [0, 0.1) is 0 Å². The van der Waals surface area contributed by atoms with Crippen LogP contribution in [0.4, 0.5) is 26.3 Å². The highest BCUT2D eigenvalue weighted by atomic mass is 19.4. The molecule has 0 saturated heterocycles. The molecular formula is C3F7O-. The van der Waals surface area contributed by atoms with Crippen molar-refractivity contribution in [1.29, 1.82) is 0 Å². The molecule has 0 heterocycles. The zero-order valence-corrected chi connectivity index (χ0v) is 4.55. The van der Waals surface area contributed by atoms with Gasteiger partial charge in [0.25, 0.3) is 0 Å². The Morgan fingerprint density at radius 2 is 1.00 bits per heavy atom. The average Bonchev–Trinajstić information content (AvgIpc) is 1.59. The largest absolute Gasteiger partial charge is 1.00 e. The summed E-state index contributed by atoms with van der Waals surface area (Å²) < 4.78 is 65.3. The molecule has 1 nitrogen and oxygen atoms in total. The van der Waals surface area contributed by atoms with E-state index >= 15 is 0 Å². The lowest BCUT2D eigenvalue weighted by molar-refractivity contribution is -0.217. The second kappa shape index (κ2) is 3.05. The van der Waals surface area contributed by atoms with Crippen molar-refractivity contribution in [3.8, 4) is 0 Å². The lowest BCUT2D eigenvalue weighted by Gasteiger charge is -2.06. The van der Waals surface area contributed by atoms with Crippen LogP contribution in [0.15, 0.2) is 0 Å². The van der Waals surface area contributed by atoms with Gasteiger partial charge in [-0.2, -0.15) is 26.3 Å². The molecule has 0 aliphatic heterocycles. The van der Waals surface area contributed by atoms with Gasteiger partial charge in [0.05, 0.1) is 0 Å². The zero-order valence-electron chi connectivity index (χ0n) is 4.55. The van der Waals surface area contributed by atoms with Crippen molar-refractivity contribution in [3.63, 3.8) is 0 Å². The highest BCUT2D eigenvalue weighted by Crippen LogP contribution is 2.28. The molecule has 0 rings (SSSR count). The Morgan fingerprint density at radius 1 is 0.818 bits per heavy atom. The Morgan fingerprint density at radius 3 is 1.00 bits per heavy atom. The topological polar surface area (TPSA) is 17.1 Å². The molecule has 11 heavy (non-hydrogen) atoms. The van der Waals surface area contributed by atoms with Gasteiger partial charge in [-0.1, -0.05) is 0 Å². The fourth-order valence-electron chi connectivity index (χ4n) is 0.161. The Hall–Kier alpha value is -0.820. The molecule has 0 aromatic rings. The number of hydrogen-bond donors (Lipinski definition) is 0. The lowest BCUT2D eigenvalue weighted by atomic mass is 10.4. The van der Waals surface area contributed by atoms with Crippen LogP contribution in [-0.4, -0.2) is 18.1 Å². The van der Waals surface area contributed by atoms with Crippen LogP contribution in [-0.2, 0) is 4.79 Å². The van der Waals surface area contributed by atoms with Gasteiger partial charge in [-0.25, -0.2) is 0 Å². The second-order valence-electron chi connectivity index (χ2n) is 1.32. The predicted molar refractivity (Wildman–Crippen MR) is 17.1 cm³/mol. The minimum atomic E-state index is -5.82. The van der Waals surface area contributed by atoms with Gasteiger partial charge >= 0.3 is 18.1 Å². The number of halogens is 7. The first-order valence-electron chi connectivity index (χ1n) is 1.84. The first-order valence-corrected chi connectivity index (χ1v) is 1.84. The monoisotopic (exact) mass is 185 g/mol. The number of carbonyl (C=O) groups is 1. The number of hydrogen-bond acceptors (Lipinski definition) is 1. The predicted octanol–water partition coefficient (Wildman–Crippen LogP) is -1.32. The average molecular weight is 185 g/mol. The zero-order chi connectivity index (χ0) is 8.58. The summed E-state index contributed by atoms with van der Waals surface area (Å²) in [4.78, 5) is 9.24. The fraction of sp³-hybridized carbons (Fsp3) is 0.667. The van der Waals surface area contributed by atoms with Crippen molar-refractivity contribution in [1.82, 2.24) is 0 Å². The van der Waals surface area contributed by atoms with Crippen molar-refractivity contribution in [2.24, 2.45) is 0 Å². The molecule has 0 radical (unpaired) electrons. The molecule has 0 unspecified atom stereocenters. The number of alkyl halides is 6. The smallest absolute Gasteiger partial charge is 0.459 e. The highest BCUT2D eigenvalue weighted by molar-refractivity contribution is 5.89. The molecule has 0 aromatic carbocycles. The van der Waals surface area contributed by atoms with E-state index in [1.165, 1.54) is 0 Å². The van der Waals surface area contributed by atoms with Gasteiger partial charge in [0.2, 0.25) is 0 Å². The van der Waals surface area contributed by atoms with Gasteiger partial charge in [-0.15, -0.1) is 0 Å². The molecule has 0 aliphatic rings.